The molecule has 0 heterocycles. The van der Waals surface area contributed by atoms with E-state index in [9.17, 15) is 5.11 Å². The minimum atomic E-state index is -2.24. The average Bonchev–Trinajstić information content (AvgIpc) is 2.22. The van der Waals surface area contributed by atoms with Gasteiger partial charge >= 0.3 is 112 Å². The number of aliphatic hydroxyl groups is 1. The van der Waals surface area contributed by atoms with Crippen LogP contribution in [-0.4, -0.2) is 27.4 Å². The molecule has 0 bridgehead atoms. The molecule has 1 atom stereocenters. The molecule has 0 amide bonds. The zero-order valence-electron chi connectivity index (χ0n) is 11.2. The molecule has 0 aliphatic heterocycles. The molecule has 0 saturated carbocycles. The second kappa shape index (κ2) is 8.98. The fraction of sp³-hybridized carbons (Fsp3) is 0.846. The molecule has 0 spiro atoms. The van der Waals surface area contributed by atoms with Gasteiger partial charge in [0.2, 0.25) is 0 Å². The maximum atomic E-state index is 9.47. The molecule has 0 aliphatic rings. The SMILES string of the molecule is CCC[CH2][Sn]([Br])([CH2]CCC)/[C](C)=C\C(C)O. The summed E-state index contributed by atoms with van der Waals surface area (Å²) in [5, 5.41) is 9.47. The normalized spacial score (nSPS) is 15.2. The van der Waals surface area contributed by atoms with E-state index in [4.69, 9.17) is 0 Å². The third kappa shape index (κ3) is 6.65. The molecule has 96 valence electrons. The number of hydrogen-bond donors (Lipinski definition) is 1. The van der Waals surface area contributed by atoms with Gasteiger partial charge in [0.05, 0.1) is 0 Å². The number of allylic oxidation sites excluding steroid dienone is 1. The Morgan fingerprint density at radius 3 is 2.00 bits per heavy atom. The summed E-state index contributed by atoms with van der Waals surface area (Å²) in [5.74, 6) is 0. The van der Waals surface area contributed by atoms with Crippen molar-refractivity contribution in [2.45, 2.75) is 68.4 Å². The van der Waals surface area contributed by atoms with Crippen LogP contribution in [0.25, 0.3) is 0 Å². The van der Waals surface area contributed by atoms with Crippen LogP contribution in [0, 0.1) is 0 Å². The van der Waals surface area contributed by atoms with Crippen molar-refractivity contribution in [3.8, 4) is 0 Å². The molecule has 0 saturated heterocycles. The third-order valence-electron chi connectivity index (χ3n) is 3.05. The summed E-state index contributed by atoms with van der Waals surface area (Å²) in [6.45, 7) is 8.59. The number of halogens is 1. The Hall–Kier alpha value is 0.979. The molecule has 0 radical (unpaired) electrons. The topological polar surface area (TPSA) is 20.2 Å². The van der Waals surface area contributed by atoms with Crippen LogP contribution in [0.2, 0.25) is 8.87 Å². The minimum absolute atomic E-state index is 0.295. The summed E-state index contributed by atoms with van der Waals surface area (Å²) < 4.78 is 4.24. The molecule has 0 aromatic carbocycles. The maximum absolute atomic E-state index is 9.47. The fourth-order valence-electron chi connectivity index (χ4n) is 1.94. The molecule has 3 heteroatoms. The number of rotatable bonds is 8. The second-order valence-electron chi connectivity index (χ2n) is 4.76. The van der Waals surface area contributed by atoms with Crippen molar-refractivity contribution in [1.29, 1.82) is 0 Å². The molecular weight excluding hydrogens is 371 g/mol. The van der Waals surface area contributed by atoms with Crippen LogP contribution < -0.4 is 0 Å². The third-order valence-corrected chi connectivity index (χ3v) is 23.6. The van der Waals surface area contributed by atoms with Crippen molar-refractivity contribution in [2.75, 3.05) is 0 Å². The Labute approximate surface area is 111 Å². The van der Waals surface area contributed by atoms with Gasteiger partial charge in [0.1, 0.15) is 0 Å². The first-order chi connectivity index (χ1) is 7.46. The van der Waals surface area contributed by atoms with Crippen molar-refractivity contribution in [3.63, 3.8) is 0 Å². The van der Waals surface area contributed by atoms with Gasteiger partial charge in [0.25, 0.3) is 0 Å². The average molecular weight is 398 g/mol. The molecule has 0 aromatic rings. The Kier molecular flexibility index (Phi) is 9.53. The van der Waals surface area contributed by atoms with Crippen molar-refractivity contribution < 1.29 is 5.11 Å². The quantitative estimate of drug-likeness (QED) is 0.583. The Balaban J connectivity index is 4.61. The summed E-state index contributed by atoms with van der Waals surface area (Å²) in [6.07, 6.45) is 6.98. The fourth-order valence-corrected chi connectivity index (χ4v) is 16.3. The van der Waals surface area contributed by atoms with Crippen molar-refractivity contribution in [2.24, 2.45) is 0 Å². The number of hydrogen-bond acceptors (Lipinski definition) is 1. The standard InChI is InChI=1S/C5H9O.2C4H9.BrH.Sn/c1-3-4-5(2)6;2*1-3-4-2;;/h4-6H,1-2H3;2*1,3-4H2,2H3;1H;/q;;;;+1/p-1. The monoisotopic (exact) mass is 398 g/mol. The van der Waals surface area contributed by atoms with E-state index in [-0.39, 0.29) is 6.10 Å². The van der Waals surface area contributed by atoms with Gasteiger partial charge in [-0.15, -0.1) is 0 Å². The summed E-state index contributed by atoms with van der Waals surface area (Å²) in [5.41, 5.74) is 0. The van der Waals surface area contributed by atoms with Crippen LogP contribution in [0.15, 0.2) is 9.67 Å². The van der Waals surface area contributed by atoms with Gasteiger partial charge in [0, 0.05) is 0 Å². The van der Waals surface area contributed by atoms with E-state index in [1.54, 1.807) is 0 Å². The van der Waals surface area contributed by atoms with Gasteiger partial charge in [-0.3, -0.25) is 0 Å². The molecule has 16 heavy (non-hydrogen) atoms. The van der Waals surface area contributed by atoms with Crippen LogP contribution in [-0.2, 0) is 0 Å². The van der Waals surface area contributed by atoms with Gasteiger partial charge in [-0.1, -0.05) is 0 Å². The Bertz CT molecular complexity index is 206. The predicted octanol–water partition coefficient (Wildman–Crippen LogP) is 4.79. The summed E-state index contributed by atoms with van der Waals surface area (Å²) >= 11 is 1.87. The van der Waals surface area contributed by atoms with Gasteiger partial charge < -0.3 is 0 Å². The first kappa shape index (κ1) is 17.0. The molecule has 0 fully saturated rings. The van der Waals surface area contributed by atoms with Crippen LogP contribution in [0.5, 0.6) is 0 Å². The van der Waals surface area contributed by atoms with E-state index < -0.39 is 16.2 Å². The van der Waals surface area contributed by atoms with Gasteiger partial charge in [-0.05, 0) is 0 Å². The molecule has 1 nitrogen and oxygen atoms in total. The zero-order valence-corrected chi connectivity index (χ0v) is 15.7. The Morgan fingerprint density at radius 1 is 1.25 bits per heavy atom. The molecule has 1 N–H and O–H groups in total. The molecule has 0 rings (SSSR count). The van der Waals surface area contributed by atoms with E-state index in [0.717, 1.165) is 0 Å². The van der Waals surface area contributed by atoms with E-state index >= 15 is 0 Å². The first-order valence-corrected chi connectivity index (χ1v) is 18.4. The first-order valence-electron chi connectivity index (χ1n) is 6.52. The van der Waals surface area contributed by atoms with Crippen molar-refractivity contribution in [1.82, 2.24) is 0 Å². The predicted molar refractivity (Wildman–Crippen MR) is 79.5 cm³/mol. The molecule has 0 aliphatic carbocycles. The number of unbranched alkanes of at least 4 members (excludes halogenated alkanes) is 2. The molecular formula is C13H27BrOSn. The van der Waals surface area contributed by atoms with Crippen molar-refractivity contribution >= 4 is 28.9 Å². The zero-order chi connectivity index (χ0) is 12.6. The second-order valence-corrected chi connectivity index (χ2v) is 25.6. The van der Waals surface area contributed by atoms with Crippen LogP contribution in [0.4, 0.5) is 0 Å². The van der Waals surface area contributed by atoms with E-state index in [2.05, 4.69) is 39.6 Å². The van der Waals surface area contributed by atoms with E-state index in [0.29, 0.717) is 0 Å². The van der Waals surface area contributed by atoms with Gasteiger partial charge in [-0.2, -0.15) is 0 Å². The van der Waals surface area contributed by atoms with Gasteiger partial charge in [0.15, 0.2) is 0 Å². The van der Waals surface area contributed by atoms with Crippen LogP contribution in [0.3, 0.4) is 0 Å². The van der Waals surface area contributed by atoms with E-state index in [1.807, 2.05) is 6.92 Å². The van der Waals surface area contributed by atoms with Crippen molar-refractivity contribution in [3.05, 3.63) is 9.67 Å². The van der Waals surface area contributed by atoms with Crippen LogP contribution in [0.1, 0.15) is 53.4 Å². The summed E-state index contributed by atoms with van der Waals surface area (Å²) in [7, 11) is 0. The Morgan fingerprint density at radius 2 is 1.69 bits per heavy atom. The number of aliphatic hydroxyl groups excluding tert-OH is 1. The van der Waals surface area contributed by atoms with E-state index in [1.165, 1.54) is 38.1 Å². The van der Waals surface area contributed by atoms with Gasteiger partial charge in [-0.25, -0.2) is 0 Å². The molecule has 0 aromatic heterocycles. The van der Waals surface area contributed by atoms with Crippen LogP contribution >= 0.6 is 12.7 Å². The molecule has 1 unspecified atom stereocenters. The summed E-state index contributed by atoms with van der Waals surface area (Å²) in [4.78, 5) is 0. The summed E-state index contributed by atoms with van der Waals surface area (Å²) in [6, 6.07) is 0.